The third kappa shape index (κ3) is 5.27. The van der Waals surface area contributed by atoms with Crippen molar-refractivity contribution >= 4 is 17.3 Å². The molecular formula is C21H29NO3. The van der Waals surface area contributed by atoms with Crippen molar-refractivity contribution in [3.8, 4) is 0 Å². The van der Waals surface area contributed by atoms with E-state index in [0.717, 1.165) is 32.2 Å². The van der Waals surface area contributed by atoms with Crippen molar-refractivity contribution in [3.05, 3.63) is 41.0 Å². The lowest BCUT2D eigenvalue weighted by molar-refractivity contribution is -0.112. The molecule has 0 fully saturated rings. The second-order valence-corrected chi connectivity index (χ2v) is 6.75. The van der Waals surface area contributed by atoms with Crippen LogP contribution in [0.1, 0.15) is 80.1 Å². The fourth-order valence-electron chi connectivity index (χ4n) is 3.33. The third-order valence-electron chi connectivity index (χ3n) is 4.82. The number of nitrogens with two attached hydrogens (primary N) is 1. The van der Waals surface area contributed by atoms with Crippen molar-refractivity contribution in [1.29, 1.82) is 0 Å². The molecule has 3 N–H and O–H groups in total. The lowest BCUT2D eigenvalue weighted by Crippen LogP contribution is -2.24. The number of aliphatic hydroxyl groups excluding tert-OH is 1. The normalized spacial score (nSPS) is 14.1. The van der Waals surface area contributed by atoms with E-state index >= 15 is 0 Å². The monoisotopic (exact) mass is 343 g/mol. The van der Waals surface area contributed by atoms with Gasteiger partial charge < -0.3 is 10.8 Å². The van der Waals surface area contributed by atoms with Gasteiger partial charge in [-0.1, -0.05) is 69.2 Å². The second kappa shape index (κ2) is 10.1. The molecule has 0 aromatic heterocycles. The summed E-state index contributed by atoms with van der Waals surface area (Å²) in [5, 5.41) is 10.4. The summed E-state index contributed by atoms with van der Waals surface area (Å²) in [5.41, 5.74) is 6.55. The number of fused-ring (bicyclic) bond motifs is 1. The van der Waals surface area contributed by atoms with Crippen molar-refractivity contribution in [2.24, 2.45) is 5.73 Å². The first-order valence-corrected chi connectivity index (χ1v) is 9.47. The van der Waals surface area contributed by atoms with Crippen LogP contribution >= 0.6 is 0 Å². The van der Waals surface area contributed by atoms with Crippen molar-refractivity contribution in [2.45, 2.75) is 64.2 Å². The average molecular weight is 343 g/mol. The van der Waals surface area contributed by atoms with Gasteiger partial charge in [0.2, 0.25) is 11.6 Å². The molecule has 1 aromatic rings. The van der Waals surface area contributed by atoms with Crippen LogP contribution in [0.5, 0.6) is 0 Å². The molecule has 1 aliphatic carbocycles. The minimum Gasteiger partial charge on any atom is -0.507 e. The van der Waals surface area contributed by atoms with Gasteiger partial charge in [0.25, 0.3) is 0 Å². The van der Waals surface area contributed by atoms with Crippen LogP contribution < -0.4 is 5.73 Å². The van der Waals surface area contributed by atoms with Crippen molar-refractivity contribution in [2.75, 3.05) is 6.54 Å². The highest BCUT2D eigenvalue weighted by atomic mass is 16.3. The summed E-state index contributed by atoms with van der Waals surface area (Å²) in [6.45, 7) is 0.786. The Balaban J connectivity index is 1.74. The van der Waals surface area contributed by atoms with Crippen LogP contribution in [0.2, 0.25) is 0 Å². The number of allylic oxidation sites excluding steroid dienone is 1. The Morgan fingerprint density at radius 2 is 1.24 bits per heavy atom. The minimum atomic E-state index is -0.545. The highest BCUT2D eigenvalue weighted by Crippen LogP contribution is 2.30. The summed E-state index contributed by atoms with van der Waals surface area (Å²) in [7, 11) is 0. The van der Waals surface area contributed by atoms with Gasteiger partial charge in [0.1, 0.15) is 5.76 Å². The first-order valence-electron chi connectivity index (χ1n) is 9.47. The predicted octanol–water partition coefficient (Wildman–Crippen LogP) is 4.58. The first kappa shape index (κ1) is 19.4. The topological polar surface area (TPSA) is 80.4 Å². The van der Waals surface area contributed by atoms with Crippen molar-refractivity contribution < 1.29 is 14.7 Å². The van der Waals surface area contributed by atoms with Crippen LogP contribution in [0.4, 0.5) is 0 Å². The zero-order chi connectivity index (χ0) is 18.1. The fraction of sp³-hybridized carbons (Fsp3) is 0.524. The van der Waals surface area contributed by atoms with Crippen molar-refractivity contribution in [3.63, 3.8) is 0 Å². The highest BCUT2D eigenvalue weighted by Gasteiger charge is 2.31. The SMILES string of the molecule is NCCCCCCCCCCCC1=C(O)c2ccccc2C(=O)C1=O. The van der Waals surface area contributed by atoms with Crippen LogP contribution in [0.25, 0.3) is 5.76 Å². The van der Waals surface area contributed by atoms with Crippen molar-refractivity contribution in [1.82, 2.24) is 0 Å². The predicted molar refractivity (Wildman–Crippen MR) is 101 cm³/mol. The Kier molecular flexibility index (Phi) is 7.86. The van der Waals surface area contributed by atoms with Gasteiger partial charge in [0, 0.05) is 16.7 Å². The summed E-state index contributed by atoms with van der Waals surface area (Å²) >= 11 is 0. The molecule has 0 bridgehead atoms. The number of Topliss-reactive ketones (excluding diaryl/α,β-unsaturated/α-hetero) is 2. The molecule has 25 heavy (non-hydrogen) atoms. The number of rotatable bonds is 11. The first-order chi connectivity index (χ1) is 12.2. The summed E-state index contributed by atoms with van der Waals surface area (Å²) < 4.78 is 0. The fourth-order valence-corrected chi connectivity index (χ4v) is 3.33. The molecule has 4 nitrogen and oxygen atoms in total. The van der Waals surface area contributed by atoms with E-state index in [4.69, 9.17) is 5.73 Å². The second-order valence-electron chi connectivity index (χ2n) is 6.75. The van der Waals surface area contributed by atoms with E-state index in [-0.39, 0.29) is 11.3 Å². The number of benzene rings is 1. The molecule has 0 heterocycles. The van der Waals surface area contributed by atoms with Crippen LogP contribution in [-0.2, 0) is 4.79 Å². The summed E-state index contributed by atoms with van der Waals surface area (Å²) in [4.78, 5) is 24.4. The molecule has 4 heteroatoms. The molecule has 0 unspecified atom stereocenters. The van der Waals surface area contributed by atoms with Gasteiger partial charge in [-0.3, -0.25) is 9.59 Å². The zero-order valence-corrected chi connectivity index (χ0v) is 14.9. The number of aliphatic hydroxyl groups is 1. The standard InChI is InChI=1S/C21H29NO3/c22-15-11-7-5-3-1-2-4-6-8-14-18-19(23)16-12-9-10-13-17(16)20(24)21(18)25/h9-10,12-13,23H,1-8,11,14-15,22H2. The molecule has 1 aromatic carbocycles. The van der Waals surface area contributed by atoms with E-state index in [9.17, 15) is 14.7 Å². The molecule has 0 spiro atoms. The average Bonchev–Trinajstić information content (AvgIpc) is 2.64. The molecule has 0 radical (unpaired) electrons. The molecule has 0 saturated carbocycles. The van der Waals surface area contributed by atoms with Crippen LogP contribution in [0.15, 0.2) is 29.8 Å². The van der Waals surface area contributed by atoms with E-state index in [1.54, 1.807) is 24.3 Å². The Labute approximate surface area is 150 Å². The number of carbonyl (C=O) groups excluding carboxylic acids is 2. The Morgan fingerprint density at radius 1 is 0.720 bits per heavy atom. The van der Waals surface area contributed by atoms with Crippen LogP contribution in [0, 0.1) is 0 Å². The number of unbranched alkanes of at least 4 members (excludes halogenated alkanes) is 8. The van der Waals surface area contributed by atoms with Crippen LogP contribution in [-0.4, -0.2) is 23.2 Å². The van der Waals surface area contributed by atoms with Gasteiger partial charge >= 0.3 is 0 Å². The molecule has 2 rings (SSSR count). The Morgan fingerprint density at radius 3 is 1.84 bits per heavy atom. The quantitative estimate of drug-likeness (QED) is 0.455. The summed E-state index contributed by atoms with van der Waals surface area (Å²) in [5.74, 6) is -1.06. The van der Waals surface area contributed by atoms with Gasteiger partial charge in [0.15, 0.2) is 0 Å². The maximum absolute atomic E-state index is 12.2. The van der Waals surface area contributed by atoms with E-state index < -0.39 is 11.6 Å². The Bertz CT molecular complexity index is 634. The van der Waals surface area contributed by atoms with Gasteiger partial charge in [-0.25, -0.2) is 0 Å². The summed E-state index contributed by atoms with van der Waals surface area (Å²) in [6, 6.07) is 6.76. The van der Waals surface area contributed by atoms with Gasteiger partial charge in [-0.05, 0) is 25.8 Å². The number of hydrogen-bond acceptors (Lipinski definition) is 4. The van der Waals surface area contributed by atoms with Gasteiger partial charge in [-0.2, -0.15) is 0 Å². The lowest BCUT2D eigenvalue weighted by Gasteiger charge is -2.17. The highest BCUT2D eigenvalue weighted by molar-refractivity contribution is 6.52. The maximum atomic E-state index is 12.2. The molecule has 136 valence electrons. The zero-order valence-electron chi connectivity index (χ0n) is 14.9. The van der Waals surface area contributed by atoms with Gasteiger partial charge in [0.05, 0.1) is 0 Å². The van der Waals surface area contributed by atoms with Gasteiger partial charge in [-0.15, -0.1) is 0 Å². The largest absolute Gasteiger partial charge is 0.507 e. The molecule has 0 aliphatic heterocycles. The van der Waals surface area contributed by atoms with E-state index in [0.29, 0.717) is 17.5 Å². The van der Waals surface area contributed by atoms with E-state index in [1.165, 1.54) is 32.1 Å². The van der Waals surface area contributed by atoms with Crippen LogP contribution in [0.3, 0.4) is 0 Å². The molecule has 0 amide bonds. The minimum absolute atomic E-state index is 0.0138. The van der Waals surface area contributed by atoms with E-state index in [1.807, 2.05) is 0 Å². The molecule has 1 aliphatic rings. The molecular weight excluding hydrogens is 314 g/mol. The van der Waals surface area contributed by atoms with E-state index in [2.05, 4.69) is 0 Å². The smallest absolute Gasteiger partial charge is 0.234 e. The number of carbonyl (C=O) groups is 2. The lowest BCUT2D eigenvalue weighted by atomic mass is 9.86. The Hall–Kier alpha value is -1.94. The number of hydrogen-bond donors (Lipinski definition) is 2. The number of ketones is 2. The third-order valence-corrected chi connectivity index (χ3v) is 4.82. The molecule has 0 saturated heterocycles. The summed E-state index contributed by atoms with van der Waals surface area (Å²) in [6.07, 6.45) is 10.7. The molecule has 0 atom stereocenters. The maximum Gasteiger partial charge on any atom is 0.234 e.